The monoisotopic (exact) mass is 379 g/mol. The number of pyridine rings is 2. The molecule has 5 rings (SSSR count). The average molecular weight is 379 g/mol. The van der Waals surface area contributed by atoms with E-state index in [0.717, 1.165) is 32.2 Å². The van der Waals surface area contributed by atoms with Crippen LogP contribution in [-0.2, 0) is 11.2 Å². The molecule has 2 bridgehead atoms. The molecule has 27 heavy (non-hydrogen) atoms. The van der Waals surface area contributed by atoms with E-state index in [2.05, 4.69) is 31.1 Å². The standard InChI is InChI=1S/C20H21N5OS/c1-12-23-24-20(27-12)14-6-13-7-15(21-10-19(13)22-9-14)8-18(26)11-25-16-2-3-17(25)5-4-16/h6-7,9-10,16-17H,2-5,8,11H2,1H3. The van der Waals surface area contributed by atoms with Crippen LogP contribution in [0.5, 0.6) is 0 Å². The van der Waals surface area contributed by atoms with Crippen LogP contribution in [0.15, 0.2) is 24.5 Å². The van der Waals surface area contributed by atoms with Crippen molar-refractivity contribution in [2.45, 2.75) is 51.1 Å². The van der Waals surface area contributed by atoms with Gasteiger partial charge in [0.25, 0.3) is 0 Å². The van der Waals surface area contributed by atoms with E-state index in [9.17, 15) is 4.79 Å². The molecule has 3 aromatic rings. The first-order chi connectivity index (χ1) is 13.2. The quantitative estimate of drug-likeness (QED) is 0.678. The van der Waals surface area contributed by atoms with Gasteiger partial charge in [-0.1, -0.05) is 11.3 Å². The van der Waals surface area contributed by atoms with E-state index in [4.69, 9.17) is 0 Å². The van der Waals surface area contributed by atoms with Gasteiger partial charge in [0.15, 0.2) is 5.78 Å². The molecule has 5 heterocycles. The van der Waals surface area contributed by atoms with Crippen LogP contribution in [0, 0.1) is 6.92 Å². The second kappa shape index (κ2) is 6.73. The molecule has 0 amide bonds. The van der Waals surface area contributed by atoms with E-state index in [-0.39, 0.29) is 5.78 Å². The number of hydrogen-bond donors (Lipinski definition) is 0. The molecule has 2 aliphatic heterocycles. The summed E-state index contributed by atoms with van der Waals surface area (Å²) in [7, 11) is 0. The van der Waals surface area contributed by atoms with Crippen molar-refractivity contribution in [3.05, 3.63) is 35.2 Å². The van der Waals surface area contributed by atoms with Crippen LogP contribution < -0.4 is 0 Å². The second-order valence-electron chi connectivity index (χ2n) is 7.57. The van der Waals surface area contributed by atoms with Gasteiger partial charge in [0.1, 0.15) is 10.0 Å². The lowest BCUT2D eigenvalue weighted by Crippen LogP contribution is -2.34. The zero-order valence-corrected chi connectivity index (χ0v) is 16.1. The van der Waals surface area contributed by atoms with Gasteiger partial charge in [0.05, 0.1) is 24.7 Å². The molecule has 0 unspecified atom stereocenters. The fraction of sp³-hybridized carbons (Fsp3) is 0.450. The highest BCUT2D eigenvalue weighted by Crippen LogP contribution is 2.37. The highest BCUT2D eigenvalue weighted by molar-refractivity contribution is 7.14. The third kappa shape index (κ3) is 3.26. The van der Waals surface area contributed by atoms with Crippen LogP contribution in [0.25, 0.3) is 21.5 Å². The molecule has 0 radical (unpaired) electrons. The van der Waals surface area contributed by atoms with E-state index in [0.29, 0.717) is 25.0 Å². The van der Waals surface area contributed by atoms with Crippen molar-refractivity contribution >= 4 is 28.0 Å². The van der Waals surface area contributed by atoms with Gasteiger partial charge < -0.3 is 0 Å². The smallest absolute Gasteiger partial charge is 0.152 e. The van der Waals surface area contributed by atoms with Crippen molar-refractivity contribution in [2.24, 2.45) is 0 Å². The Balaban J connectivity index is 1.35. The molecule has 2 saturated heterocycles. The maximum atomic E-state index is 12.6. The number of aromatic nitrogens is 4. The SMILES string of the molecule is Cc1nnc(-c2cnc3cnc(CC(=O)CN4C5CCC4CC5)cc3c2)s1. The van der Waals surface area contributed by atoms with Crippen molar-refractivity contribution in [1.82, 2.24) is 25.1 Å². The summed E-state index contributed by atoms with van der Waals surface area (Å²) >= 11 is 1.55. The Bertz CT molecular complexity index is 997. The van der Waals surface area contributed by atoms with E-state index in [1.165, 1.54) is 25.7 Å². The number of fused-ring (bicyclic) bond motifs is 3. The predicted octanol–water partition coefficient (Wildman–Crippen LogP) is 3.20. The number of nitrogens with zero attached hydrogens (tertiary/aromatic N) is 5. The van der Waals surface area contributed by atoms with E-state index < -0.39 is 0 Å². The van der Waals surface area contributed by atoms with Crippen molar-refractivity contribution in [1.29, 1.82) is 0 Å². The van der Waals surface area contributed by atoms with Crippen molar-refractivity contribution in [2.75, 3.05) is 6.54 Å². The molecular weight excluding hydrogens is 358 g/mol. The lowest BCUT2D eigenvalue weighted by atomic mass is 10.0. The highest BCUT2D eigenvalue weighted by atomic mass is 32.1. The minimum absolute atomic E-state index is 0.254. The summed E-state index contributed by atoms with van der Waals surface area (Å²) in [6.45, 7) is 2.51. The van der Waals surface area contributed by atoms with Gasteiger partial charge in [-0.2, -0.15) is 0 Å². The Morgan fingerprint density at radius 2 is 1.89 bits per heavy atom. The van der Waals surface area contributed by atoms with Crippen molar-refractivity contribution in [3.8, 4) is 10.6 Å². The normalized spacial score (nSPS) is 22.0. The third-order valence-electron chi connectivity index (χ3n) is 5.74. The number of hydrogen-bond acceptors (Lipinski definition) is 7. The summed E-state index contributed by atoms with van der Waals surface area (Å²) in [5.41, 5.74) is 2.59. The minimum atomic E-state index is 0.254. The zero-order chi connectivity index (χ0) is 18.4. The van der Waals surface area contributed by atoms with Crippen LogP contribution in [0.3, 0.4) is 0 Å². The first-order valence-corrected chi connectivity index (χ1v) is 10.3. The van der Waals surface area contributed by atoms with Gasteiger partial charge in [0, 0.05) is 34.9 Å². The molecule has 6 nitrogen and oxygen atoms in total. The van der Waals surface area contributed by atoms with Gasteiger partial charge in [-0.05, 0) is 44.7 Å². The molecule has 0 spiro atoms. The molecular formula is C20H21N5OS. The van der Waals surface area contributed by atoms with Gasteiger partial charge in [-0.3, -0.25) is 19.7 Å². The Morgan fingerprint density at radius 3 is 2.59 bits per heavy atom. The molecule has 7 heteroatoms. The molecule has 138 valence electrons. The highest BCUT2D eigenvalue weighted by Gasteiger charge is 2.39. The van der Waals surface area contributed by atoms with Crippen LogP contribution in [0.1, 0.15) is 36.4 Å². The molecule has 0 N–H and O–H groups in total. The third-order valence-corrected chi connectivity index (χ3v) is 6.63. The minimum Gasteiger partial charge on any atom is -0.298 e. The zero-order valence-electron chi connectivity index (χ0n) is 15.3. The van der Waals surface area contributed by atoms with Crippen LogP contribution in [-0.4, -0.2) is 49.5 Å². The molecule has 0 saturated carbocycles. The maximum Gasteiger partial charge on any atom is 0.152 e. The Hall–Kier alpha value is -2.25. The Morgan fingerprint density at radius 1 is 1.11 bits per heavy atom. The molecule has 0 aliphatic carbocycles. The van der Waals surface area contributed by atoms with Crippen molar-refractivity contribution in [3.63, 3.8) is 0 Å². The van der Waals surface area contributed by atoms with Crippen LogP contribution in [0.4, 0.5) is 0 Å². The lowest BCUT2D eigenvalue weighted by Gasteiger charge is -2.20. The number of aryl methyl sites for hydroxylation is 1. The molecule has 2 fully saturated rings. The Kier molecular flexibility index (Phi) is 4.21. The fourth-order valence-electron chi connectivity index (χ4n) is 4.44. The van der Waals surface area contributed by atoms with Gasteiger partial charge >= 0.3 is 0 Å². The average Bonchev–Trinajstić information content (AvgIpc) is 3.37. The van der Waals surface area contributed by atoms with Crippen LogP contribution >= 0.6 is 11.3 Å². The molecule has 3 aromatic heterocycles. The predicted molar refractivity (Wildman–Crippen MR) is 105 cm³/mol. The first kappa shape index (κ1) is 16.9. The van der Waals surface area contributed by atoms with E-state index in [1.807, 2.05) is 13.0 Å². The number of Topliss-reactive ketones (excluding diaryl/α,β-unsaturated/α-hetero) is 1. The number of rotatable bonds is 5. The first-order valence-electron chi connectivity index (χ1n) is 9.48. The van der Waals surface area contributed by atoms with Crippen molar-refractivity contribution < 1.29 is 4.79 Å². The van der Waals surface area contributed by atoms with E-state index >= 15 is 0 Å². The number of ketones is 1. The van der Waals surface area contributed by atoms with Gasteiger partial charge in [0.2, 0.25) is 0 Å². The van der Waals surface area contributed by atoms with E-state index in [1.54, 1.807) is 23.7 Å². The summed E-state index contributed by atoms with van der Waals surface area (Å²) < 4.78 is 0. The Labute approximate surface area is 161 Å². The fourth-order valence-corrected chi connectivity index (χ4v) is 5.12. The number of carbonyl (C=O) groups excluding carboxylic acids is 1. The summed E-state index contributed by atoms with van der Waals surface area (Å²) in [5, 5.41) is 11.0. The van der Waals surface area contributed by atoms with Gasteiger partial charge in [-0.15, -0.1) is 10.2 Å². The summed E-state index contributed by atoms with van der Waals surface area (Å²) in [5.74, 6) is 0.254. The summed E-state index contributed by atoms with van der Waals surface area (Å²) in [6.07, 6.45) is 8.97. The summed E-state index contributed by atoms with van der Waals surface area (Å²) in [4.78, 5) is 24.0. The second-order valence-corrected chi connectivity index (χ2v) is 8.75. The maximum absolute atomic E-state index is 12.6. The van der Waals surface area contributed by atoms with Crippen LogP contribution in [0.2, 0.25) is 0 Å². The molecule has 0 aromatic carbocycles. The lowest BCUT2D eigenvalue weighted by molar-refractivity contribution is -0.119. The largest absolute Gasteiger partial charge is 0.298 e. The molecule has 0 atom stereocenters. The van der Waals surface area contributed by atoms with Gasteiger partial charge in [-0.25, -0.2) is 0 Å². The molecule has 2 aliphatic rings. The number of carbonyl (C=O) groups is 1. The topological polar surface area (TPSA) is 71.9 Å². The summed E-state index contributed by atoms with van der Waals surface area (Å²) in [6, 6.07) is 5.30.